The van der Waals surface area contributed by atoms with Gasteiger partial charge in [0.1, 0.15) is 6.54 Å². The lowest BCUT2D eigenvalue weighted by Gasteiger charge is -2.17. The first kappa shape index (κ1) is 21.2. The molecule has 0 unspecified atom stereocenters. The van der Waals surface area contributed by atoms with Crippen LogP contribution in [0.3, 0.4) is 0 Å². The summed E-state index contributed by atoms with van der Waals surface area (Å²) in [4.78, 5) is 20.5. The van der Waals surface area contributed by atoms with Crippen molar-refractivity contribution in [2.75, 3.05) is 20.6 Å². The van der Waals surface area contributed by atoms with Crippen molar-refractivity contribution in [3.8, 4) is 0 Å². The summed E-state index contributed by atoms with van der Waals surface area (Å²) in [5.74, 6) is 0.764. The van der Waals surface area contributed by atoms with Gasteiger partial charge in [-0.3, -0.25) is 4.79 Å². The SMILES string of the molecule is CCc1ccc(CNC(=NCC(=O)N(C)C)NC2CCCC2)s1.I. The maximum atomic E-state index is 11.8. The van der Waals surface area contributed by atoms with Crippen LogP contribution in [0.25, 0.3) is 0 Å². The lowest BCUT2D eigenvalue weighted by atomic mass is 10.2. The highest BCUT2D eigenvalue weighted by Crippen LogP contribution is 2.18. The van der Waals surface area contributed by atoms with Crippen LogP contribution in [0.4, 0.5) is 0 Å². The van der Waals surface area contributed by atoms with Gasteiger partial charge in [-0.15, -0.1) is 35.3 Å². The number of hydrogen-bond donors (Lipinski definition) is 2. The van der Waals surface area contributed by atoms with Crippen LogP contribution in [0.1, 0.15) is 42.4 Å². The summed E-state index contributed by atoms with van der Waals surface area (Å²) >= 11 is 1.83. The average molecular weight is 464 g/mol. The Kier molecular flexibility index (Phi) is 9.65. The van der Waals surface area contributed by atoms with Gasteiger partial charge in [0.05, 0.1) is 6.54 Å². The molecule has 1 saturated carbocycles. The van der Waals surface area contributed by atoms with Crippen LogP contribution in [0.2, 0.25) is 0 Å². The van der Waals surface area contributed by atoms with E-state index < -0.39 is 0 Å². The number of nitrogens with one attached hydrogen (secondary N) is 2. The van der Waals surface area contributed by atoms with Crippen LogP contribution >= 0.6 is 35.3 Å². The van der Waals surface area contributed by atoms with E-state index in [9.17, 15) is 4.79 Å². The van der Waals surface area contributed by atoms with Gasteiger partial charge in [0.2, 0.25) is 5.91 Å². The molecule has 0 bridgehead atoms. The molecule has 1 aliphatic carbocycles. The van der Waals surface area contributed by atoms with Crippen molar-refractivity contribution in [3.63, 3.8) is 0 Å². The summed E-state index contributed by atoms with van der Waals surface area (Å²) in [6, 6.07) is 4.82. The maximum Gasteiger partial charge on any atom is 0.243 e. The molecule has 2 rings (SSSR count). The lowest BCUT2D eigenvalue weighted by Crippen LogP contribution is -2.42. The van der Waals surface area contributed by atoms with E-state index in [1.807, 2.05) is 11.3 Å². The van der Waals surface area contributed by atoms with Crippen molar-refractivity contribution in [2.24, 2.45) is 4.99 Å². The van der Waals surface area contributed by atoms with Gasteiger partial charge in [-0.25, -0.2) is 4.99 Å². The first-order valence-electron chi connectivity index (χ1n) is 8.41. The Balaban J connectivity index is 0.00000288. The van der Waals surface area contributed by atoms with E-state index >= 15 is 0 Å². The van der Waals surface area contributed by atoms with Crippen LogP contribution in [-0.2, 0) is 17.8 Å². The second-order valence-corrected chi connectivity index (χ2v) is 7.41. The van der Waals surface area contributed by atoms with Crippen LogP contribution < -0.4 is 10.6 Å². The van der Waals surface area contributed by atoms with Gasteiger partial charge in [0.25, 0.3) is 0 Å². The number of rotatable bonds is 6. The van der Waals surface area contributed by atoms with Gasteiger partial charge >= 0.3 is 0 Å². The van der Waals surface area contributed by atoms with Crippen molar-refractivity contribution in [1.82, 2.24) is 15.5 Å². The molecule has 0 spiro atoms. The Labute approximate surface area is 166 Å². The van der Waals surface area contributed by atoms with Gasteiger partial charge in [0, 0.05) is 29.9 Å². The van der Waals surface area contributed by atoms with E-state index in [0.717, 1.165) is 18.9 Å². The quantitative estimate of drug-likeness (QED) is 0.387. The summed E-state index contributed by atoms with van der Waals surface area (Å²) in [6.45, 7) is 3.10. The van der Waals surface area contributed by atoms with E-state index in [1.165, 1.54) is 35.4 Å². The number of guanidine groups is 1. The highest BCUT2D eigenvalue weighted by molar-refractivity contribution is 14.0. The number of likely N-dealkylation sites (N-methyl/N-ethyl adjacent to an activating group) is 1. The predicted octanol–water partition coefficient (Wildman–Crippen LogP) is 2.99. The fourth-order valence-corrected chi connectivity index (χ4v) is 3.48. The number of amides is 1. The number of aliphatic imine (C=N–C) groups is 1. The molecular weight excluding hydrogens is 435 g/mol. The van der Waals surface area contributed by atoms with Crippen LogP contribution in [0.15, 0.2) is 17.1 Å². The molecule has 0 atom stereocenters. The van der Waals surface area contributed by atoms with E-state index in [1.54, 1.807) is 19.0 Å². The zero-order valence-corrected chi connectivity index (χ0v) is 17.9. The molecule has 1 fully saturated rings. The largest absolute Gasteiger partial charge is 0.354 e. The molecule has 24 heavy (non-hydrogen) atoms. The van der Waals surface area contributed by atoms with Gasteiger partial charge < -0.3 is 15.5 Å². The van der Waals surface area contributed by atoms with E-state index in [2.05, 4.69) is 34.7 Å². The Morgan fingerprint density at radius 3 is 2.54 bits per heavy atom. The van der Waals surface area contributed by atoms with E-state index in [0.29, 0.717) is 6.04 Å². The Bertz CT molecular complexity index is 538. The van der Waals surface area contributed by atoms with Crippen LogP contribution in [-0.4, -0.2) is 43.4 Å². The van der Waals surface area contributed by atoms with Gasteiger partial charge in [0.15, 0.2) is 5.96 Å². The molecule has 1 heterocycles. The number of aryl methyl sites for hydroxylation is 1. The molecule has 2 N–H and O–H groups in total. The summed E-state index contributed by atoms with van der Waals surface area (Å²) < 4.78 is 0. The molecule has 0 aliphatic heterocycles. The van der Waals surface area contributed by atoms with Crippen molar-refractivity contribution in [2.45, 2.75) is 51.6 Å². The van der Waals surface area contributed by atoms with Gasteiger partial charge in [-0.2, -0.15) is 0 Å². The standard InChI is InChI=1S/C17H28N4OS.HI/c1-4-14-9-10-15(23-14)11-18-17(19-12-16(22)21(2)3)20-13-7-5-6-8-13;/h9-10,13H,4-8,11-12H2,1-3H3,(H2,18,19,20);1H. The molecule has 1 aliphatic rings. The summed E-state index contributed by atoms with van der Waals surface area (Å²) in [5, 5.41) is 6.85. The van der Waals surface area contributed by atoms with Crippen molar-refractivity contribution in [1.29, 1.82) is 0 Å². The average Bonchev–Trinajstić information content (AvgIpc) is 3.20. The third-order valence-corrected chi connectivity index (χ3v) is 5.29. The smallest absolute Gasteiger partial charge is 0.243 e. The van der Waals surface area contributed by atoms with Crippen LogP contribution in [0.5, 0.6) is 0 Å². The Hall–Kier alpha value is -0.830. The molecule has 7 heteroatoms. The zero-order chi connectivity index (χ0) is 16.7. The lowest BCUT2D eigenvalue weighted by molar-refractivity contribution is -0.127. The fraction of sp³-hybridized carbons (Fsp3) is 0.647. The highest BCUT2D eigenvalue weighted by Gasteiger charge is 2.16. The molecule has 136 valence electrons. The monoisotopic (exact) mass is 464 g/mol. The predicted molar refractivity (Wildman–Crippen MR) is 112 cm³/mol. The molecule has 1 aromatic rings. The molecular formula is C17H29IN4OS. The molecule has 0 saturated heterocycles. The maximum absolute atomic E-state index is 11.8. The molecule has 5 nitrogen and oxygen atoms in total. The number of hydrogen-bond acceptors (Lipinski definition) is 3. The Morgan fingerprint density at radius 1 is 1.29 bits per heavy atom. The van der Waals surface area contributed by atoms with Gasteiger partial charge in [-0.05, 0) is 31.4 Å². The number of halogens is 1. The Morgan fingerprint density at radius 2 is 1.96 bits per heavy atom. The van der Waals surface area contributed by atoms with Crippen molar-refractivity contribution < 1.29 is 4.79 Å². The summed E-state index contributed by atoms with van der Waals surface area (Å²) in [6.07, 6.45) is 5.98. The van der Waals surface area contributed by atoms with E-state index in [-0.39, 0.29) is 36.4 Å². The second kappa shape index (κ2) is 10.9. The molecule has 0 aromatic carbocycles. The summed E-state index contributed by atoms with van der Waals surface area (Å²) in [7, 11) is 3.51. The minimum absolute atomic E-state index is 0. The third-order valence-electron chi connectivity index (χ3n) is 4.06. The number of carbonyl (C=O) groups is 1. The minimum atomic E-state index is 0. The number of thiophene rings is 1. The summed E-state index contributed by atoms with van der Waals surface area (Å²) in [5.41, 5.74) is 0. The molecule has 1 amide bonds. The topological polar surface area (TPSA) is 56.7 Å². The molecule has 0 radical (unpaired) electrons. The van der Waals surface area contributed by atoms with E-state index in [4.69, 9.17) is 0 Å². The first-order chi connectivity index (χ1) is 11.1. The van der Waals surface area contributed by atoms with Gasteiger partial charge in [-0.1, -0.05) is 19.8 Å². The minimum Gasteiger partial charge on any atom is -0.354 e. The first-order valence-corrected chi connectivity index (χ1v) is 9.22. The normalized spacial score (nSPS) is 15.0. The number of nitrogens with zero attached hydrogens (tertiary/aromatic N) is 2. The number of carbonyl (C=O) groups excluding carboxylic acids is 1. The molecule has 1 aromatic heterocycles. The second-order valence-electron chi connectivity index (χ2n) is 6.15. The van der Waals surface area contributed by atoms with Crippen LogP contribution in [0, 0.1) is 0 Å². The van der Waals surface area contributed by atoms with Crippen molar-refractivity contribution in [3.05, 3.63) is 21.9 Å². The third kappa shape index (κ3) is 6.96. The fourth-order valence-electron chi connectivity index (χ4n) is 2.58. The van der Waals surface area contributed by atoms with Crippen molar-refractivity contribution >= 4 is 47.2 Å². The highest BCUT2D eigenvalue weighted by atomic mass is 127. The zero-order valence-electron chi connectivity index (χ0n) is 14.8.